The number of hydrogen-bond donors (Lipinski definition) is 1. The molecule has 0 fully saturated rings. The number of rotatable bonds is 5. The van der Waals surface area contributed by atoms with Crippen LogP contribution in [0.1, 0.15) is 21.6 Å². The summed E-state index contributed by atoms with van der Waals surface area (Å²) in [7, 11) is 2.94. The van der Waals surface area contributed by atoms with Gasteiger partial charge in [0.2, 0.25) is 5.95 Å². The summed E-state index contributed by atoms with van der Waals surface area (Å²) in [4.78, 5) is 17.3. The van der Waals surface area contributed by atoms with Gasteiger partial charge in [-0.1, -0.05) is 47.6 Å². The van der Waals surface area contributed by atoms with Crippen molar-refractivity contribution >= 4 is 17.8 Å². The Kier molecular flexibility index (Phi) is 5.30. The quantitative estimate of drug-likeness (QED) is 0.552. The first kappa shape index (κ1) is 18.3. The number of oxime groups is 1. The van der Waals surface area contributed by atoms with Crippen LogP contribution in [0.5, 0.6) is 0 Å². The normalized spacial score (nSPS) is 11.0. The number of carbonyl (C=O) groups excluding carboxylic acids is 1. The van der Waals surface area contributed by atoms with Gasteiger partial charge >= 0.3 is 0 Å². The average Bonchev–Trinajstić information content (AvgIpc) is 2.93. The number of anilines is 1. The molecule has 1 heterocycles. The highest BCUT2D eigenvalue weighted by Crippen LogP contribution is 2.28. The molecule has 2 aromatic carbocycles. The Morgan fingerprint density at radius 2 is 1.93 bits per heavy atom. The van der Waals surface area contributed by atoms with Crippen LogP contribution in [0.3, 0.4) is 0 Å². The molecule has 0 saturated carbocycles. The van der Waals surface area contributed by atoms with Gasteiger partial charge in [0.15, 0.2) is 0 Å². The molecule has 0 radical (unpaired) electrons. The van der Waals surface area contributed by atoms with Crippen LogP contribution in [0, 0.1) is 12.9 Å². The smallest absolute Gasteiger partial charge is 0.262 e. The molecule has 3 rings (SSSR count). The summed E-state index contributed by atoms with van der Waals surface area (Å²) in [5, 5.41) is 10.5. The summed E-state index contributed by atoms with van der Waals surface area (Å²) in [5.41, 5.74) is 3.48. The summed E-state index contributed by atoms with van der Waals surface area (Å²) < 4.78 is 15.2. The van der Waals surface area contributed by atoms with Crippen LogP contribution in [0.4, 0.5) is 10.1 Å². The van der Waals surface area contributed by atoms with E-state index in [2.05, 4.69) is 20.4 Å². The zero-order chi connectivity index (χ0) is 19.4. The van der Waals surface area contributed by atoms with Crippen molar-refractivity contribution in [2.24, 2.45) is 12.2 Å². The average molecular weight is 366 g/mol. The SMILES string of the molecule is CON=Cc1ccc(-c2ccccc2NC(=O)c2c(C)nn(C)c2F)cc1. The van der Waals surface area contributed by atoms with Crippen LogP contribution in [0.25, 0.3) is 11.1 Å². The van der Waals surface area contributed by atoms with E-state index in [9.17, 15) is 9.18 Å². The van der Waals surface area contributed by atoms with Gasteiger partial charge in [0.05, 0.1) is 11.9 Å². The molecule has 0 aliphatic carbocycles. The molecule has 138 valence electrons. The molecule has 27 heavy (non-hydrogen) atoms. The summed E-state index contributed by atoms with van der Waals surface area (Å²) in [6.45, 7) is 1.60. The third-order valence-electron chi connectivity index (χ3n) is 4.08. The Balaban J connectivity index is 1.90. The number of halogens is 1. The first-order chi connectivity index (χ1) is 13.0. The zero-order valence-electron chi connectivity index (χ0n) is 15.2. The molecule has 0 atom stereocenters. The fourth-order valence-electron chi connectivity index (χ4n) is 2.78. The Labute approximate surface area is 156 Å². The van der Waals surface area contributed by atoms with Crippen molar-refractivity contribution in [3.05, 3.63) is 71.3 Å². The van der Waals surface area contributed by atoms with E-state index in [-0.39, 0.29) is 5.56 Å². The van der Waals surface area contributed by atoms with Gasteiger partial charge in [-0.2, -0.15) is 9.49 Å². The van der Waals surface area contributed by atoms with Crippen molar-refractivity contribution in [3.8, 4) is 11.1 Å². The van der Waals surface area contributed by atoms with Gasteiger partial charge in [-0.05, 0) is 24.1 Å². The first-order valence-electron chi connectivity index (χ1n) is 8.27. The monoisotopic (exact) mass is 366 g/mol. The van der Waals surface area contributed by atoms with Gasteiger partial charge < -0.3 is 10.2 Å². The summed E-state index contributed by atoms with van der Waals surface area (Å²) in [6.07, 6.45) is 1.60. The highest BCUT2D eigenvalue weighted by molar-refractivity contribution is 6.07. The van der Waals surface area contributed by atoms with Crippen LogP contribution in [0.2, 0.25) is 0 Å². The second-order valence-electron chi connectivity index (χ2n) is 5.91. The molecule has 7 heteroatoms. The van der Waals surface area contributed by atoms with E-state index in [4.69, 9.17) is 0 Å². The standard InChI is InChI=1S/C20H19FN4O2/c1-13-18(19(21)25(2)24-13)20(26)23-17-7-5-4-6-16(17)15-10-8-14(9-11-15)12-22-27-3/h4-12H,1-3H3,(H,23,26). The topological polar surface area (TPSA) is 68.5 Å². The number of aryl methyl sites for hydroxylation is 2. The maximum atomic E-state index is 14.2. The van der Waals surface area contributed by atoms with E-state index in [0.29, 0.717) is 11.4 Å². The lowest BCUT2D eigenvalue weighted by molar-refractivity contribution is 0.102. The maximum Gasteiger partial charge on any atom is 0.262 e. The third kappa shape index (κ3) is 3.87. The molecule has 1 aromatic heterocycles. The van der Waals surface area contributed by atoms with Gasteiger partial charge in [0, 0.05) is 18.3 Å². The number of amides is 1. The Morgan fingerprint density at radius 1 is 1.22 bits per heavy atom. The number of carbonyl (C=O) groups is 1. The fourth-order valence-corrected chi connectivity index (χ4v) is 2.78. The highest BCUT2D eigenvalue weighted by Gasteiger charge is 2.21. The molecule has 1 N–H and O–H groups in total. The molecule has 0 aliphatic rings. The minimum absolute atomic E-state index is 0.0570. The lowest BCUT2D eigenvalue weighted by Gasteiger charge is -2.11. The van der Waals surface area contributed by atoms with E-state index < -0.39 is 11.9 Å². The van der Waals surface area contributed by atoms with E-state index in [0.717, 1.165) is 21.4 Å². The maximum absolute atomic E-state index is 14.2. The summed E-state index contributed by atoms with van der Waals surface area (Å²) in [6, 6.07) is 15.0. The second kappa shape index (κ2) is 7.82. The number of aromatic nitrogens is 2. The van der Waals surface area contributed by atoms with Crippen molar-refractivity contribution in [3.63, 3.8) is 0 Å². The minimum Gasteiger partial charge on any atom is -0.399 e. The molecule has 1 amide bonds. The van der Waals surface area contributed by atoms with Gasteiger partial charge in [-0.15, -0.1) is 0 Å². The predicted octanol–water partition coefficient (Wildman–Crippen LogP) is 3.77. The van der Waals surface area contributed by atoms with Crippen LogP contribution in [-0.4, -0.2) is 29.0 Å². The Hall–Kier alpha value is -3.48. The molecular formula is C20H19FN4O2. The van der Waals surface area contributed by atoms with Crippen molar-refractivity contribution in [1.82, 2.24) is 9.78 Å². The van der Waals surface area contributed by atoms with Crippen LogP contribution in [0.15, 0.2) is 53.7 Å². The number of benzene rings is 2. The van der Waals surface area contributed by atoms with Crippen molar-refractivity contribution in [2.45, 2.75) is 6.92 Å². The number of hydrogen-bond acceptors (Lipinski definition) is 4. The highest BCUT2D eigenvalue weighted by atomic mass is 19.1. The summed E-state index contributed by atoms with van der Waals surface area (Å²) in [5.74, 6) is -1.20. The first-order valence-corrected chi connectivity index (χ1v) is 8.27. The summed E-state index contributed by atoms with van der Waals surface area (Å²) >= 11 is 0. The predicted molar refractivity (Wildman–Crippen MR) is 102 cm³/mol. The zero-order valence-corrected chi connectivity index (χ0v) is 15.2. The lowest BCUT2D eigenvalue weighted by atomic mass is 10.0. The molecule has 0 aliphatic heterocycles. The van der Waals surface area contributed by atoms with Crippen LogP contribution in [-0.2, 0) is 11.9 Å². The third-order valence-corrected chi connectivity index (χ3v) is 4.08. The van der Waals surface area contributed by atoms with Gasteiger partial charge in [-0.25, -0.2) is 4.68 Å². The van der Waals surface area contributed by atoms with Gasteiger partial charge in [0.1, 0.15) is 12.7 Å². The van der Waals surface area contributed by atoms with E-state index >= 15 is 0 Å². The second-order valence-corrected chi connectivity index (χ2v) is 5.91. The number of nitrogens with one attached hydrogen (secondary N) is 1. The number of nitrogens with zero attached hydrogens (tertiary/aromatic N) is 3. The van der Waals surface area contributed by atoms with Crippen molar-refractivity contribution in [2.75, 3.05) is 12.4 Å². The van der Waals surface area contributed by atoms with E-state index in [1.54, 1.807) is 19.2 Å². The van der Waals surface area contributed by atoms with E-state index in [1.807, 2.05) is 42.5 Å². The molecule has 0 bridgehead atoms. The van der Waals surface area contributed by atoms with Crippen molar-refractivity contribution in [1.29, 1.82) is 0 Å². The fraction of sp³-hybridized carbons (Fsp3) is 0.150. The number of para-hydroxylation sites is 1. The Morgan fingerprint density at radius 3 is 2.56 bits per heavy atom. The lowest BCUT2D eigenvalue weighted by Crippen LogP contribution is -2.15. The molecule has 3 aromatic rings. The van der Waals surface area contributed by atoms with Crippen LogP contribution < -0.4 is 5.32 Å². The van der Waals surface area contributed by atoms with Crippen molar-refractivity contribution < 1.29 is 14.0 Å². The molecule has 0 unspecified atom stereocenters. The minimum atomic E-state index is -0.663. The van der Waals surface area contributed by atoms with Gasteiger partial charge in [0.25, 0.3) is 5.91 Å². The molecule has 0 spiro atoms. The molecule has 0 saturated heterocycles. The largest absolute Gasteiger partial charge is 0.399 e. The van der Waals surface area contributed by atoms with E-state index in [1.165, 1.54) is 14.2 Å². The Bertz CT molecular complexity index is 994. The van der Waals surface area contributed by atoms with Crippen LogP contribution >= 0.6 is 0 Å². The molecule has 6 nitrogen and oxygen atoms in total. The molecular weight excluding hydrogens is 347 g/mol. The van der Waals surface area contributed by atoms with Gasteiger partial charge in [-0.3, -0.25) is 4.79 Å².